The van der Waals surface area contributed by atoms with E-state index in [1.807, 2.05) is 18.2 Å². The molecule has 0 radical (unpaired) electrons. The lowest BCUT2D eigenvalue weighted by molar-refractivity contribution is -0.122. The predicted molar refractivity (Wildman–Crippen MR) is 80.6 cm³/mol. The van der Waals surface area contributed by atoms with Crippen molar-refractivity contribution in [2.75, 3.05) is 37.7 Å². The lowest BCUT2D eigenvalue weighted by atomic mass is 9.96. The highest BCUT2D eigenvalue weighted by molar-refractivity contribution is 6.29. The van der Waals surface area contributed by atoms with E-state index in [0.717, 1.165) is 18.9 Å². The van der Waals surface area contributed by atoms with Crippen LogP contribution in [-0.2, 0) is 14.3 Å². The van der Waals surface area contributed by atoms with Gasteiger partial charge in [-0.25, -0.2) is 4.90 Å². The molecule has 0 spiro atoms. The van der Waals surface area contributed by atoms with Gasteiger partial charge in [0.2, 0.25) is 11.8 Å². The molecule has 22 heavy (non-hydrogen) atoms. The Hall–Kier alpha value is -2.21. The first-order chi connectivity index (χ1) is 10.8. The zero-order valence-corrected chi connectivity index (χ0v) is 12.1. The molecule has 3 aliphatic heterocycles. The molecule has 6 heteroatoms. The monoisotopic (exact) mass is 299 g/mol. The second-order valence-corrected chi connectivity index (χ2v) is 5.73. The summed E-state index contributed by atoms with van der Waals surface area (Å²) < 4.78 is 5.35. The van der Waals surface area contributed by atoms with Gasteiger partial charge in [0.1, 0.15) is 11.8 Å². The van der Waals surface area contributed by atoms with E-state index < -0.39 is 5.92 Å². The lowest BCUT2D eigenvalue weighted by Gasteiger charge is -2.30. The first-order valence-corrected chi connectivity index (χ1v) is 7.57. The third kappa shape index (κ3) is 1.94. The number of rotatable bonds is 1. The van der Waals surface area contributed by atoms with E-state index in [1.54, 1.807) is 12.1 Å². The van der Waals surface area contributed by atoms with Gasteiger partial charge in [0.15, 0.2) is 0 Å². The van der Waals surface area contributed by atoms with Crippen molar-refractivity contribution in [1.29, 1.82) is 0 Å². The van der Waals surface area contributed by atoms with Crippen molar-refractivity contribution < 1.29 is 14.3 Å². The summed E-state index contributed by atoms with van der Waals surface area (Å²) in [5.74, 6) is -0.279. The fourth-order valence-electron chi connectivity index (χ4n) is 3.41. The van der Waals surface area contributed by atoms with Gasteiger partial charge in [0.25, 0.3) is 0 Å². The van der Waals surface area contributed by atoms with Crippen LogP contribution in [-0.4, -0.2) is 55.4 Å². The highest BCUT2D eigenvalue weighted by Crippen LogP contribution is 2.36. The molecule has 3 aliphatic rings. The molecule has 0 bridgehead atoms. The number of fused-ring (bicyclic) bond motifs is 1. The van der Waals surface area contributed by atoms with Gasteiger partial charge in [-0.05, 0) is 12.1 Å². The molecule has 0 aromatic heterocycles. The predicted octanol–water partition coefficient (Wildman–Crippen LogP) is 0.537. The average Bonchev–Trinajstić information content (AvgIpc) is 3.10. The third-order valence-corrected chi connectivity index (χ3v) is 4.50. The summed E-state index contributed by atoms with van der Waals surface area (Å²) in [7, 11) is 0. The number of hydrogen-bond acceptors (Lipinski definition) is 5. The summed E-state index contributed by atoms with van der Waals surface area (Å²) >= 11 is 0. The van der Waals surface area contributed by atoms with Gasteiger partial charge >= 0.3 is 0 Å². The number of para-hydroxylation sites is 1. The average molecular weight is 299 g/mol. The number of nitrogens with zero attached hydrogens (tertiary/aromatic N) is 3. The molecule has 6 nitrogen and oxygen atoms in total. The summed E-state index contributed by atoms with van der Waals surface area (Å²) in [6.45, 7) is 3.15. The first-order valence-electron chi connectivity index (χ1n) is 7.57. The zero-order valence-electron chi connectivity index (χ0n) is 12.1. The molecular formula is C16H17N3O3. The molecule has 2 unspecified atom stereocenters. The third-order valence-electron chi connectivity index (χ3n) is 4.50. The summed E-state index contributed by atoms with van der Waals surface area (Å²) in [5.41, 5.74) is 0.647. The molecule has 2 fully saturated rings. The Morgan fingerprint density at radius 3 is 2.50 bits per heavy atom. The number of carbonyl (C=O) groups excluding carboxylic acids is 2. The number of benzene rings is 1. The largest absolute Gasteiger partial charge is 0.378 e. The summed E-state index contributed by atoms with van der Waals surface area (Å²) in [5, 5.41) is 0. The maximum absolute atomic E-state index is 12.8. The molecular weight excluding hydrogens is 282 g/mol. The Kier molecular flexibility index (Phi) is 3.18. The second-order valence-electron chi connectivity index (χ2n) is 5.73. The number of hydrogen-bond donors (Lipinski definition) is 0. The Morgan fingerprint density at radius 1 is 1.05 bits per heavy atom. The number of morpholine rings is 1. The van der Waals surface area contributed by atoms with Crippen LogP contribution in [0.3, 0.4) is 0 Å². The van der Waals surface area contributed by atoms with Gasteiger partial charge in [-0.2, -0.15) is 0 Å². The van der Waals surface area contributed by atoms with Crippen LogP contribution in [0.2, 0.25) is 0 Å². The summed E-state index contributed by atoms with van der Waals surface area (Å²) in [4.78, 5) is 33.3. The van der Waals surface area contributed by atoms with Crippen molar-refractivity contribution in [1.82, 2.24) is 4.90 Å². The van der Waals surface area contributed by atoms with Crippen molar-refractivity contribution >= 4 is 23.3 Å². The first kappa shape index (κ1) is 13.5. The van der Waals surface area contributed by atoms with Gasteiger partial charge in [0, 0.05) is 13.1 Å². The fraction of sp³-hybridized carbons (Fsp3) is 0.438. The highest BCUT2D eigenvalue weighted by atomic mass is 16.5. The number of imide groups is 1. The van der Waals surface area contributed by atoms with Crippen molar-refractivity contribution in [3.8, 4) is 0 Å². The molecule has 0 saturated carbocycles. The number of amides is 2. The molecule has 2 amide bonds. The normalized spacial score (nSPS) is 28.1. The van der Waals surface area contributed by atoms with Crippen molar-refractivity contribution in [3.63, 3.8) is 0 Å². The molecule has 3 heterocycles. The van der Waals surface area contributed by atoms with E-state index >= 15 is 0 Å². The highest BCUT2D eigenvalue weighted by Gasteiger charge is 2.54. The smallest absolute Gasteiger partial charge is 0.245 e. The quantitative estimate of drug-likeness (QED) is 0.710. The van der Waals surface area contributed by atoms with Crippen molar-refractivity contribution in [3.05, 3.63) is 30.3 Å². The standard InChI is InChI=1S/C16H17N3O3/c20-15-12-10-17-14(18-6-8-22-9-7-18)13(12)16(21)19(15)11-4-2-1-3-5-11/h1-5,12-13H,6-10H2. The Balaban J connectivity index is 1.63. The fourth-order valence-corrected chi connectivity index (χ4v) is 3.41. The Bertz CT molecular complexity index is 637. The van der Waals surface area contributed by atoms with Crippen LogP contribution < -0.4 is 4.90 Å². The lowest BCUT2D eigenvalue weighted by Crippen LogP contribution is -2.45. The summed E-state index contributed by atoms with van der Waals surface area (Å²) in [6, 6.07) is 9.13. The minimum atomic E-state index is -0.425. The number of carbonyl (C=O) groups is 2. The van der Waals surface area contributed by atoms with E-state index in [1.165, 1.54) is 4.90 Å². The van der Waals surface area contributed by atoms with Crippen LogP contribution in [0.15, 0.2) is 35.3 Å². The van der Waals surface area contributed by atoms with E-state index in [0.29, 0.717) is 25.4 Å². The van der Waals surface area contributed by atoms with Crippen molar-refractivity contribution in [2.24, 2.45) is 16.8 Å². The Morgan fingerprint density at radius 2 is 1.77 bits per heavy atom. The van der Waals surface area contributed by atoms with Crippen molar-refractivity contribution in [2.45, 2.75) is 0 Å². The van der Waals surface area contributed by atoms with Crippen LogP contribution in [0.1, 0.15) is 0 Å². The molecule has 0 N–H and O–H groups in total. The van der Waals surface area contributed by atoms with E-state index in [4.69, 9.17) is 4.74 Å². The number of aliphatic imine (C=N–C) groups is 1. The van der Waals surface area contributed by atoms with Gasteiger partial charge < -0.3 is 9.64 Å². The van der Waals surface area contributed by atoms with Gasteiger partial charge in [0.05, 0.1) is 31.4 Å². The SMILES string of the molecule is O=C1C2CN=C(N3CCOCC3)C2C(=O)N1c1ccccc1. The molecule has 1 aromatic rings. The number of ether oxygens (including phenoxy) is 1. The van der Waals surface area contributed by atoms with E-state index in [2.05, 4.69) is 9.89 Å². The van der Waals surface area contributed by atoms with Gasteiger partial charge in [-0.15, -0.1) is 0 Å². The summed E-state index contributed by atoms with van der Waals surface area (Å²) in [6.07, 6.45) is 0. The maximum atomic E-state index is 12.8. The molecule has 2 saturated heterocycles. The topological polar surface area (TPSA) is 62.2 Å². The second kappa shape index (κ2) is 5.21. The Labute approximate surface area is 128 Å². The van der Waals surface area contributed by atoms with Crippen LogP contribution in [0.25, 0.3) is 0 Å². The minimum absolute atomic E-state index is 0.131. The van der Waals surface area contributed by atoms with E-state index in [9.17, 15) is 9.59 Å². The van der Waals surface area contributed by atoms with Crippen LogP contribution in [0.5, 0.6) is 0 Å². The minimum Gasteiger partial charge on any atom is -0.378 e. The van der Waals surface area contributed by atoms with Gasteiger partial charge in [-0.3, -0.25) is 14.6 Å². The number of amidine groups is 1. The zero-order chi connectivity index (χ0) is 15.1. The van der Waals surface area contributed by atoms with E-state index in [-0.39, 0.29) is 17.7 Å². The molecule has 1 aromatic carbocycles. The van der Waals surface area contributed by atoms with Crippen LogP contribution in [0, 0.1) is 11.8 Å². The van der Waals surface area contributed by atoms with Crippen LogP contribution >= 0.6 is 0 Å². The molecule has 4 rings (SSSR count). The van der Waals surface area contributed by atoms with Crippen LogP contribution in [0.4, 0.5) is 5.69 Å². The molecule has 114 valence electrons. The maximum Gasteiger partial charge on any atom is 0.245 e. The number of anilines is 1. The molecule has 2 atom stereocenters. The molecule has 0 aliphatic carbocycles. The van der Waals surface area contributed by atoms with Gasteiger partial charge in [-0.1, -0.05) is 18.2 Å².